The summed E-state index contributed by atoms with van der Waals surface area (Å²) in [5.41, 5.74) is 4.55. The van der Waals surface area contributed by atoms with Crippen LogP contribution in [-0.4, -0.2) is 52.3 Å². The monoisotopic (exact) mass is 549 g/mol. The number of piperidine rings is 1. The number of unbranched alkanes of at least 4 members (excludes halogenated alkanes) is 1. The van der Waals surface area contributed by atoms with Gasteiger partial charge in [0, 0.05) is 11.3 Å². The summed E-state index contributed by atoms with van der Waals surface area (Å²) in [4.78, 5) is 27.2. The molecule has 37 heavy (non-hydrogen) atoms. The van der Waals surface area contributed by atoms with Crippen LogP contribution in [0, 0.1) is 0 Å². The van der Waals surface area contributed by atoms with Crippen molar-refractivity contribution in [2.45, 2.75) is 57.5 Å². The first-order valence-corrected chi connectivity index (χ1v) is 14.3. The molecule has 2 aromatic rings. The molecule has 0 spiro atoms. The van der Waals surface area contributed by atoms with E-state index in [1.165, 1.54) is 12.7 Å². The van der Waals surface area contributed by atoms with Crippen molar-refractivity contribution in [3.05, 3.63) is 64.7 Å². The highest BCUT2D eigenvalue weighted by Gasteiger charge is 2.30. The maximum absolute atomic E-state index is 13.2. The summed E-state index contributed by atoms with van der Waals surface area (Å²) >= 11 is 0. The van der Waals surface area contributed by atoms with Crippen LogP contribution in [0.2, 0.25) is 0 Å². The maximum Gasteiger partial charge on any atom is 0.324 e. The number of nitrogens with zero attached hydrogens (tertiary/aromatic N) is 1. The lowest BCUT2D eigenvalue weighted by molar-refractivity contribution is -0.142. The van der Waals surface area contributed by atoms with Crippen LogP contribution in [0.1, 0.15) is 65.6 Å². The lowest BCUT2D eigenvalue weighted by atomic mass is 9.88. The minimum Gasteiger partial charge on any atom is -0.468 e. The molecule has 0 radical (unpaired) electrons. The number of halogens is 1. The highest BCUT2D eigenvalue weighted by molar-refractivity contribution is 7.89. The molecule has 4 rings (SSSR count). The second kappa shape index (κ2) is 12.9. The summed E-state index contributed by atoms with van der Waals surface area (Å²) in [5.74, 6) is -0.189. The maximum atomic E-state index is 13.2. The van der Waals surface area contributed by atoms with Crippen LogP contribution in [0.15, 0.2) is 42.5 Å². The third kappa shape index (κ3) is 7.10. The van der Waals surface area contributed by atoms with Crippen molar-refractivity contribution in [3.63, 3.8) is 0 Å². The number of benzene rings is 2. The number of esters is 1. The molecule has 8 nitrogen and oxygen atoms in total. The van der Waals surface area contributed by atoms with Crippen molar-refractivity contribution in [2.24, 2.45) is 0 Å². The molecule has 0 aliphatic carbocycles. The van der Waals surface area contributed by atoms with Crippen molar-refractivity contribution < 1.29 is 22.7 Å². The Balaban J connectivity index is 0.00000380. The van der Waals surface area contributed by atoms with E-state index in [4.69, 9.17) is 4.74 Å². The van der Waals surface area contributed by atoms with Gasteiger partial charge in [0.15, 0.2) is 0 Å². The molecule has 0 aromatic heterocycles. The summed E-state index contributed by atoms with van der Waals surface area (Å²) < 4.78 is 32.0. The van der Waals surface area contributed by atoms with E-state index in [1.807, 2.05) is 31.2 Å². The van der Waals surface area contributed by atoms with Gasteiger partial charge in [0.2, 0.25) is 10.0 Å². The molecule has 2 aliphatic heterocycles. The fraction of sp³-hybridized carbons (Fsp3) is 0.481. The Morgan fingerprint density at radius 3 is 2.51 bits per heavy atom. The summed E-state index contributed by atoms with van der Waals surface area (Å²) in [6.45, 7) is 4.43. The zero-order valence-electron chi connectivity index (χ0n) is 21.4. The Bertz CT molecular complexity index is 1200. The number of sulfonamides is 1. The smallest absolute Gasteiger partial charge is 0.324 e. The van der Waals surface area contributed by atoms with Gasteiger partial charge < -0.3 is 15.0 Å². The highest BCUT2D eigenvalue weighted by atomic mass is 35.5. The molecular formula is C27H36ClN3O5S. The lowest BCUT2D eigenvalue weighted by Crippen LogP contribution is -2.43. The van der Waals surface area contributed by atoms with Crippen LogP contribution in [0.25, 0.3) is 0 Å². The first-order valence-electron chi connectivity index (χ1n) is 12.6. The van der Waals surface area contributed by atoms with Gasteiger partial charge in [-0.2, -0.15) is 0 Å². The normalized spacial score (nSPS) is 16.7. The number of nitrogens with one attached hydrogen (secondary N) is 2. The Labute approximate surface area is 225 Å². The largest absolute Gasteiger partial charge is 0.468 e. The fourth-order valence-electron chi connectivity index (χ4n) is 4.91. The van der Waals surface area contributed by atoms with E-state index in [2.05, 4.69) is 28.2 Å². The van der Waals surface area contributed by atoms with Gasteiger partial charge in [0.1, 0.15) is 6.04 Å². The molecule has 0 bridgehead atoms. The summed E-state index contributed by atoms with van der Waals surface area (Å²) in [6.07, 6.45) is 3.58. The van der Waals surface area contributed by atoms with Crippen LogP contribution in [-0.2, 0) is 32.5 Å². The van der Waals surface area contributed by atoms with Gasteiger partial charge in [-0.1, -0.05) is 37.6 Å². The minimum absolute atomic E-state index is 0. The number of anilines is 1. The molecule has 1 atom stereocenters. The van der Waals surface area contributed by atoms with Crippen molar-refractivity contribution in [3.8, 4) is 0 Å². The third-order valence-corrected chi connectivity index (χ3v) is 8.48. The molecule has 2 heterocycles. The SMILES string of the molecule is CCCCS(=O)(=O)NC(Cc1ccc(N2Cc3ccc(C4CCNCC4)cc3C2=O)cc1)C(=O)OC.Cl. The summed E-state index contributed by atoms with van der Waals surface area (Å²) in [7, 11) is -2.35. The van der Waals surface area contributed by atoms with Crippen molar-refractivity contribution in [2.75, 3.05) is 30.9 Å². The molecular weight excluding hydrogens is 514 g/mol. The molecule has 10 heteroatoms. The first-order chi connectivity index (χ1) is 17.3. The van der Waals surface area contributed by atoms with Crippen molar-refractivity contribution >= 4 is 40.0 Å². The van der Waals surface area contributed by atoms with Gasteiger partial charge in [-0.3, -0.25) is 9.59 Å². The number of amides is 1. The number of rotatable bonds is 10. The van der Waals surface area contributed by atoms with Crippen molar-refractivity contribution in [1.29, 1.82) is 0 Å². The van der Waals surface area contributed by atoms with E-state index < -0.39 is 22.0 Å². The van der Waals surface area contributed by atoms with E-state index in [0.717, 1.165) is 54.7 Å². The quantitative estimate of drug-likeness (QED) is 0.439. The molecule has 1 amide bonds. The molecule has 2 N–H and O–H groups in total. The summed E-state index contributed by atoms with van der Waals surface area (Å²) in [6, 6.07) is 12.6. The molecule has 1 saturated heterocycles. The van der Waals surface area contributed by atoms with Gasteiger partial charge in [-0.05, 0) is 79.6 Å². The average Bonchev–Trinajstić information content (AvgIpc) is 3.23. The van der Waals surface area contributed by atoms with Gasteiger partial charge in [0.25, 0.3) is 5.91 Å². The van der Waals surface area contributed by atoms with Crippen LogP contribution in [0.4, 0.5) is 5.69 Å². The standard InChI is InChI=1S/C27H35N3O5S.ClH/c1-3-4-15-36(33,34)29-25(27(32)35-2)16-19-5-9-23(10-6-19)30-18-22-8-7-21(17-24(22)26(30)31)20-11-13-28-14-12-20;/h5-10,17,20,25,28-29H,3-4,11-16,18H2,1-2H3;1H. The zero-order valence-corrected chi connectivity index (χ0v) is 23.0. The van der Waals surface area contributed by atoms with E-state index in [0.29, 0.717) is 18.9 Å². The van der Waals surface area contributed by atoms with Gasteiger partial charge in [0.05, 0.1) is 19.4 Å². The number of carbonyl (C=O) groups is 2. The Hall–Kier alpha value is -2.46. The average molecular weight is 550 g/mol. The molecule has 0 saturated carbocycles. The Morgan fingerprint density at radius 2 is 1.86 bits per heavy atom. The molecule has 202 valence electrons. The molecule has 2 aliphatic rings. The van der Waals surface area contributed by atoms with Crippen LogP contribution in [0.3, 0.4) is 0 Å². The predicted molar refractivity (Wildman–Crippen MR) is 147 cm³/mol. The van der Waals surface area contributed by atoms with E-state index >= 15 is 0 Å². The number of hydrogen-bond acceptors (Lipinski definition) is 6. The fourth-order valence-corrected chi connectivity index (χ4v) is 6.31. The number of ether oxygens (including phenoxy) is 1. The number of hydrogen-bond donors (Lipinski definition) is 2. The number of methoxy groups -OCH3 is 1. The predicted octanol–water partition coefficient (Wildman–Crippen LogP) is 3.54. The minimum atomic E-state index is -3.60. The van der Waals surface area contributed by atoms with Crippen LogP contribution < -0.4 is 14.9 Å². The van der Waals surface area contributed by atoms with E-state index in [1.54, 1.807) is 4.90 Å². The van der Waals surface area contributed by atoms with Crippen molar-refractivity contribution in [1.82, 2.24) is 10.0 Å². The van der Waals surface area contributed by atoms with Gasteiger partial charge in [-0.15, -0.1) is 12.4 Å². The lowest BCUT2D eigenvalue weighted by Gasteiger charge is -2.23. The van der Waals surface area contributed by atoms with Gasteiger partial charge in [-0.25, -0.2) is 13.1 Å². The topological polar surface area (TPSA) is 105 Å². The first kappa shape index (κ1) is 29.1. The second-order valence-corrected chi connectivity index (χ2v) is 11.4. The van der Waals surface area contributed by atoms with E-state index in [-0.39, 0.29) is 30.5 Å². The number of fused-ring (bicyclic) bond motifs is 1. The highest BCUT2D eigenvalue weighted by Crippen LogP contribution is 2.33. The Morgan fingerprint density at radius 1 is 1.16 bits per heavy atom. The molecule has 1 unspecified atom stereocenters. The summed E-state index contributed by atoms with van der Waals surface area (Å²) in [5, 5.41) is 3.38. The van der Waals surface area contributed by atoms with Crippen LogP contribution in [0.5, 0.6) is 0 Å². The van der Waals surface area contributed by atoms with Gasteiger partial charge >= 0.3 is 5.97 Å². The third-order valence-electron chi connectivity index (χ3n) is 7.01. The zero-order chi connectivity index (χ0) is 25.7. The number of carbonyl (C=O) groups excluding carboxylic acids is 2. The molecule has 2 aromatic carbocycles. The van der Waals surface area contributed by atoms with E-state index in [9.17, 15) is 18.0 Å². The molecule has 1 fully saturated rings. The van der Waals surface area contributed by atoms with Crippen LogP contribution >= 0.6 is 12.4 Å². The Kier molecular flexibility index (Phi) is 10.1. The second-order valence-electron chi connectivity index (χ2n) is 9.57.